The van der Waals surface area contributed by atoms with Crippen LogP contribution in [0.5, 0.6) is 5.75 Å². The number of hydrazine groups is 1. The van der Waals surface area contributed by atoms with Crippen LogP contribution in [0.1, 0.15) is 50.2 Å². The Hall–Kier alpha value is -3.01. The molecule has 0 bridgehead atoms. The number of amides is 2. The molecule has 3 saturated heterocycles. The van der Waals surface area contributed by atoms with Gasteiger partial charge in [0.2, 0.25) is 0 Å². The highest BCUT2D eigenvalue weighted by atomic mass is 19.1. The number of methoxy groups -OCH3 is 1. The third-order valence-electron chi connectivity index (χ3n) is 6.92. The summed E-state index contributed by atoms with van der Waals surface area (Å²) < 4.78 is 18.8. The molecule has 0 spiro atoms. The van der Waals surface area contributed by atoms with Crippen molar-refractivity contribution in [1.82, 2.24) is 20.7 Å². The van der Waals surface area contributed by atoms with Crippen molar-refractivity contribution in [1.29, 1.82) is 0 Å². The molecule has 34 heavy (non-hydrogen) atoms. The van der Waals surface area contributed by atoms with Crippen molar-refractivity contribution >= 4 is 11.8 Å². The molecule has 2 aromatic rings. The number of hydrogen-bond donors (Lipinski definition) is 3. The maximum Gasteiger partial charge on any atom is 0.254 e. The number of aliphatic hydroxyl groups is 1. The van der Waals surface area contributed by atoms with Crippen LogP contribution in [0.15, 0.2) is 42.5 Å². The van der Waals surface area contributed by atoms with Gasteiger partial charge in [0.15, 0.2) is 0 Å². The van der Waals surface area contributed by atoms with E-state index in [1.807, 2.05) is 12.1 Å². The number of likely N-dealkylation sites (tertiary alicyclic amines) is 2. The Bertz CT molecular complexity index is 1080. The number of rotatable bonds is 5. The summed E-state index contributed by atoms with van der Waals surface area (Å²) in [5.74, 6) is 0.489. The van der Waals surface area contributed by atoms with E-state index in [1.165, 1.54) is 4.90 Å². The number of hydrogen-bond acceptors (Lipinski definition) is 6. The van der Waals surface area contributed by atoms with E-state index in [1.54, 1.807) is 42.3 Å². The van der Waals surface area contributed by atoms with E-state index in [9.17, 15) is 19.1 Å². The molecule has 0 radical (unpaired) electrons. The fourth-order valence-electron chi connectivity index (χ4n) is 5.04. The molecule has 3 heterocycles. The topological polar surface area (TPSA) is 94.1 Å². The zero-order chi connectivity index (χ0) is 23.8. The van der Waals surface area contributed by atoms with Gasteiger partial charge in [0, 0.05) is 36.7 Å². The van der Waals surface area contributed by atoms with Crippen molar-refractivity contribution in [2.24, 2.45) is 0 Å². The minimum absolute atomic E-state index is 0.112. The van der Waals surface area contributed by atoms with Crippen LogP contribution in [0.4, 0.5) is 4.39 Å². The molecule has 3 N–H and O–H groups in total. The van der Waals surface area contributed by atoms with Gasteiger partial charge >= 0.3 is 0 Å². The number of alkyl halides is 1. The molecule has 3 fully saturated rings. The van der Waals surface area contributed by atoms with Gasteiger partial charge in [-0.1, -0.05) is 18.2 Å². The normalized spacial score (nSPS) is 23.3. The lowest BCUT2D eigenvalue weighted by atomic mass is 9.96. The predicted molar refractivity (Wildman–Crippen MR) is 123 cm³/mol. The fourth-order valence-corrected chi connectivity index (χ4v) is 5.04. The highest BCUT2D eigenvalue weighted by molar-refractivity contribution is 5.96. The minimum atomic E-state index is -0.963. The maximum absolute atomic E-state index is 13.5. The van der Waals surface area contributed by atoms with Crippen molar-refractivity contribution in [2.75, 3.05) is 39.8 Å². The number of aliphatic hydroxyl groups excluding tert-OH is 1. The number of ether oxygens (including phenoxy) is 1. The summed E-state index contributed by atoms with van der Waals surface area (Å²) in [5, 5.41) is 10.4. The van der Waals surface area contributed by atoms with Crippen molar-refractivity contribution in [3.63, 3.8) is 0 Å². The van der Waals surface area contributed by atoms with Crippen LogP contribution in [-0.4, -0.2) is 78.8 Å². The van der Waals surface area contributed by atoms with E-state index in [4.69, 9.17) is 4.74 Å². The standard InChI is InChI=1S/C25H29FN4O4/c1-34-23-8-17(5-6-21(23)18-10-27-28-11-18)25(33)30-14-20(31)9-22(30)15-3-2-4-16(7-15)24(32)29-12-19(26)13-29/h2-8,18-20,22,27-28,31H,9-14H2,1H3/t20?,22-/m1/s1. The number of β-amino-alcohol motifs (C(OH)–C–C–N with tert-alkyl or cyclic N) is 1. The molecule has 180 valence electrons. The Morgan fingerprint density at radius 3 is 2.47 bits per heavy atom. The summed E-state index contributed by atoms with van der Waals surface area (Å²) in [6.07, 6.45) is -1.24. The summed E-state index contributed by atoms with van der Waals surface area (Å²) >= 11 is 0. The molecule has 5 rings (SSSR count). The number of carbonyl (C=O) groups is 2. The number of carbonyl (C=O) groups excluding carboxylic acids is 2. The van der Waals surface area contributed by atoms with Gasteiger partial charge in [-0.3, -0.25) is 20.4 Å². The van der Waals surface area contributed by atoms with Crippen molar-refractivity contribution < 1.29 is 23.8 Å². The highest BCUT2D eigenvalue weighted by Gasteiger charge is 2.37. The van der Waals surface area contributed by atoms with Crippen LogP contribution in [0, 0.1) is 0 Å². The van der Waals surface area contributed by atoms with E-state index >= 15 is 0 Å². The van der Waals surface area contributed by atoms with Gasteiger partial charge in [0.1, 0.15) is 11.9 Å². The van der Waals surface area contributed by atoms with Gasteiger partial charge in [-0.25, -0.2) is 4.39 Å². The molecular formula is C25H29FN4O4. The van der Waals surface area contributed by atoms with E-state index in [0.717, 1.165) is 24.2 Å². The lowest BCUT2D eigenvalue weighted by Crippen LogP contribution is -2.51. The van der Waals surface area contributed by atoms with Gasteiger partial charge in [-0.05, 0) is 41.8 Å². The van der Waals surface area contributed by atoms with E-state index < -0.39 is 12.3 Å². The molecule has 9 heteroatoms. The summed E-state index contributed by atoms with van der Waals surface area (Å²) in [7, 11) is 1.59. The third kappa shape index (κ3) is 4.26. The molecule has 0 saturated carbocycles. The monoisotopic (exact) mass is 468 g/mol. The molecule has 2 atom stereocenters. The Kier molecular flexibility index (Phi) is 6.24. The van der Waals surface area contributed by atoms with Gasteiger partial charge in [0.05, 0.1) is 32.3 Å². The first kappa shape index (κ1) is 22.8. The molecule has 3 aliphatic heterocycles. The van der Waals surface area contributed by atoms with E-state index in [2.05, 4.69) is 10.9 Å². The second-order valence-electron chi connectivity index (χ2n) is 9.21. The molecular weight excluding hydrogens is 439 g/mol. The minimum Gasteiger partial charge on any atom is -0.496 e. The van der Waals surface area contributed by atoms with E-state index in [-0.39, 0.29) is 43.4 Å². The smallest absolute Gasteiger partial charge is 0.254 e. The second-order valence-corrected chi connectivity index (χ2v) is 9.21. The Balaban J connectivity index is 1.38. The molecule has 1 unspecified atom stereocenters. The van der Waals surface area contributed by atoms with Crippen molar-refractivity contribution in [3.05, 3.63) is 64.7 Å². The first-order chi connectivity index (χ1) is 16.4. The van der Waals surface area contributed by atoms with Crippen LogP contribution in [-0.2, 0) is 0 Å². The Morgan fingerprint density at radius 2 is 1.76 bits per heavy atom. The first-order valence-electron chi connectivity index (χ1n) is 11.6. The third-order valence-corrected chi connectivity index (χ3v) is 6.92. The van der Waals surface area contributed by atoms with Gasteiger partial charge in [-0.15, -0.1) is 0 Å². The van der Waals surface area contributed by atoms with Gasteiger partial charge in [0.25, 0.3) is 11.8 Å². The zero-order valence-corrected chi connectivity index (χ0v) is 19.0. The first-order valence-corrected chi connectivity index (χ1v) is 11.6. The van der Waals surface area contributed by atoms with E-state index in [0.29, 0.717) is 23.3 Å². The maximum atomic E-state index is 13.5. The van der Waals surface area contributed by atoms with Crippen LogP contribution >= 0.6 is 0 Å². The molecule has 3 aliphatic rings. The number of benzene rings is 2. The average Bonchev–Trinajstić information content (AvgIpc) is 3.51. The summed E-state index contributed by atoms with van der Waals surface area (Å²) in [6.45, 7) is 1.99. The quantitative estimate of drug-likeness (QED) is 0.618. The number of nitrogens with one attached hydrogen (secondary N) is 2. The summed E-state index contributed by atoms with van der Waals surface area (Å²) in [4.78, 5) is 29.3. The van der Waals surface area contributed by atoms with Crippen LogP contribution in [0.25, 0.3) is 0 Å². The van der Waals surface area contributed by atoms with Crippen LogP contribution in [0.2, 0.25) is 0 Å². The molecule has 0 aliphatic carbocycles. The molecule has 0 aromatic heterocycles. The van der Waals surface area contributed by atoms with Gasteiger partial charge < -0.3 is 19.6 Å². The largest absolute Gasteiger partial charge is 0.496 e. The van der Waals surface area contributed by atoms with Crippen molar-refractivity contribution in [3.8, 4) is 5.75 Å². The second kappa shape index (κ2) is 9.32. The SMILES string of the molecule is COc1cc(C(=O)N2CC(O)C[C@@H]2c2cccc(C(=O)N3CC(F)C3)c2)ccc1C1CNNC1. The Labute approximate surface area is 197 Å². The lowest BCUT2D eigenvalue weighted by Gasteiger charge is -2.34. The van der Waals surface area contributed by atoms with Crippen molar-refractivity contribution in [2.45, 2.75) is 30.7 Å². The molecule has 2 aromatic carbocycles. The number of nitrogens with zero attached hydrogens (tertiary/aromatic N) is 2. The molecule has 8 nitrogen and oxygen atoms in total. The highest BCUT2D eigenvalue weighted by Crippen LogP contribution is 2.35. The summed E-state index contributed by atoms with van der Waals surface area (Å²) in [5.41, 5.74) is 8.97. The van der Waals surface area contributed by atoms with Gasteiger partial charge in [-0.2, -0.15) is 0 Å². The zero-order valence-electron chi connectivity index (χ0n) is 19.0. The average molecular weight is 469 g/mol. The molecule has 2 amide bonds. The Morgan fingerprint density at radius 1 is 1.03 bits per heavy atom. The number of halogens is 1. The lowest BCUT2D eigenvalue weighted by molar-refractivity contribution is 0.0400. The fraction of sp³-hybridized carbons (Fsp3) is 0.440. The predicted octanol–water partition coefficient (Wildman–Crippen LogP) is 1.63. The summed E-state index contributed by atoms with van der Waals surface area (Å²) in [6, 6.07) is 12.2. The van der Waals surface area contributed by atoms with Crippen LogP contribution in [0.3, 0.4) is 0 Å². The van der Waals surface area contributed by atoms with Crippen LogP contribution < -0.4 is 15.6 Å².